The van der Waals surface area contributed by atoms with E-state index in [2.05, 4.69) is 3.07 Å². The van der Waals surface area contributed by atoms with Gasteiger partial charge in [0.2, 0.25) is 9.00 Å². The van der Waals surface area contributed by atoms with Crippen LogP contribution in [0.15, 0.2) is 51.7 Å². The fourth-order valence-electron chi connectivity index (χ4n) is 3.83. The van der Waals surface area contributed by atoms with Crippen molar-refractivity contribution in [2.45, 2.75) is 65.4 Å². The Morgan fingerprint density at radius 1 is 0.491 bits per heavy atom. The number of hydrogen-bond donors (Lipinski definition) is 0. The highest BCUT2D eigenvalue weighted by Gasteiger charge is 2.99. The molecule has 1 heterocycles. The van der Waals surface area contributed by atoms with Crippen molar-refractivity contribution in [2.24, 2.45) is 0 Å². The normalized spacial score (nSPS) is 15.3. The number of alkyl halides is 23. The molecule has 0 aliphatic heterocycles. The minimum Gasteiger partial charge on any atom is -0.456 e. The molecule has 0 unspecified atom stereocenters. The predicted molar refractivity (Wildman–Crippen MR) is 120 cm³/mol. The summed E-state index contributed by atoms with van der Waals surface area (Å²) in [4.78, 5) is 24.3. The van der Waals surface area contributed by atoms with Crippen LogP contribution < -0.4 is 27.0 Å². The quantitative estimate of drug-likeness (QED) is 0.117. The van der Waals surface area contributed by atoms with Crippen molar-refractivity contribution in [3.63, 3.8) is 0 Å². The van der Waals surface area contributed by atoms with E-state index in [1.54, 1.807) is 0 Å². The molecule has 0 aliphatic carbocycles. The van der Waals surface area contributed by atoms with Crippen LogP contribution in [-0.4, -0.2) is 71.4 Å². The Kier molecular flexibility index (Phi) is 10.4. The molecular weight excluding hydrogens is 928 g/mol. The molecule has 0 aliphatic rings. The molecule has 4 nitrogen and oxygen atoms in total. The topological polar surface area (TPSA) is 56.5 Å². The summed E-state index contributed by atoms with van der Waals surface area (Å²) in [6.07, 6.45) is -8.16. The number of para-hydroxylation sites is 1. The maximum Gasteiger partial charge on any atom is 0.584 e. The summed E-state index contributed by atoms with van der Waals surface area (Å²) in [5.74, 6) is -94.3. The Morgan fingerprint density at radius 3 is 1.30 bits per heavy atom. The van der Waals surface area contributed by atoms with Gasteiger partial charge in [0.15, 0.2) is 0 Å². The molecule has 0 N–H and O–H groups in total. The van der Waals surface area contributed by atoms with Gasteiger partial charge in [0.25, 0.3) is 0 Å². The highest BCUT2D eigenvalue weighted by Crippen LogP contribution is 2.67. The molecule has 0 saturated carbocycles. The average Bonchev–Trinajstić information content (AvgIpc) is 3.02. The molecule has 298 valence electrons. The summed E-state index contributed by atoms with van der Waals surface area (Å²) in [6, 6.07) is 7.47. The highest BCUT2D eigenvalue weighted by atomic mass is 127. The minimum absolute atomic E-state index is 0.0276. The number of fused-ring (bicyclic) bond motifs is 2. The van der Waals surface area contributed by atoms with Gasteiger partial charge in [-0.05, 0) is 24.3 Å². The minimum atomic E-state index is -9.55. The molecule has 0 saturated heterocycles. The Bertz CT molecular complexity index is 1950. The molecular formula is C25H7F23IO4+. The van der Waals surface area contributed by atoms with Gasteiger partial charge in [-0.15, -0.1) is 0 Å². The molecule has 0 bridgehead atoms. The van der Waals surface area contributed by atoms with Crippen LogP contribution in [0.5, 0.6) is 0 Å². The predicted octanol–water partition coefficient (Wildman–Crippen LogP) is 6.58. The van der Waals surface area contributed by atoms with Gasteiger partial charge in [0, 0.05) is 6.07 Å². The second-order valence-electron chi connectivity index (χ2n) is 10.3. The lowest BCUT2D eigenvalue weighted by Crippen LogP contribution is -3.62. The Morgan fingerprint density at radius 2 is 0.868 bits per heavy atom. The van der Waals surface area contributed by atoms with E-state index in [0.29, 0.717) is 6.07 Å². The first-order chi connectivity index (χ1) is 23.4. The zero-order valence-corrected chi connectivity index (χ0v) is 25.9. The molecule has 0 spiro atoms. The second kappa shape index (κ2) is 12.5. The zero-order valence-electron chi connectivity index (χ0n) is 23.7. The fraction of sp³-hybridized carbons (Fsp3) is 0.440. The monoisotopic (exact) mass is 935 g/mol. The summed E-state index contributed by atoms with van der Waals surface area (Å²) in [6.45, 7) is 0. The lowest BCUT2D eigenvalue weighted by Gasteiger charge is -2.44. The summed E-state index contributed by atoms with van der Waals surface area (Å²) in [5.41, 5.74) is -1.18. The maximum absolute atomic E-state index is 14.2. The van der Waals surface area contributed by atoms with Crippen LogP contribution in [0.4, 0.5) is 101 Å². The van der Waals surface area contributed by atoms with Gasteiger partial charge in [-0.1, -0.05) is 12.1 Å². The van der Waals surface area contributed by atoms with Crippen LogP contribution in [0.1, 0.15) is 0 Å². The Balaban J connectivity index is 2.00. The average molecular weight is 935 g/mol. The number of hydrogen-bond acceptors (Lipinski definition) is 4. The molecule has 28 heteroatoms. The summed E-state index contributed by atoms with van der Waals surface area (Å²) in [7, 11) is 0. The van der Waals surface area contributed by atoms with Crippen LogP contribution in [0.2, 0.25) is 0 Å². The summed E-state index contributed by atoms with van der Waals surface area (Å²) >= 11 is -3.07. The van der Waals surface area contributed by atoms with Crippen LogP contribution in [0, 0.1) is 3.57 Å². The van der Waals surface area contributed by atoms with Gasteiger partial charge in [0.05, 0.1) is 10.8 Å². The highest BCUT2D eigenvalue weighted by molar-refractivity contribution is 5.89. The second-order valence-corrected chi connectivity index (χ2v) is 12.4. The van der Waals surface area contributed by atoms with Gasteiger partial charge >= 0.3 is 93.0 Å². The van der Waals surface area contributed by atoms with Crippen LogP contribution in [0.25, 0.3) is 21.9 Å². The van der Waals surface area contributed by atoms with E-state index in [1.165, 1.54) is 24.3 Å². The Labute approximate surface area is 284 Å². The lowest BCUT2D eigenvalue weighted by atomic mass is 9.85. The molecule has 1 aromatic heterocycles. The summed E-state index contributed by atoms with van der Waals surface area (Å²) < 4.78 is 321. The first-order valence-electron chi connectivity index (χ1n) is 12.5. The first kappa shape index (κ1) is 43.9. The smallest absolute Gasteiger partial charge is 0.456 e. The van der Waals surface area contributed by atoms with Gasteiger partial charge in [0.1, 0.15) is 11.2 Å². The van der Waals surface area contributed by atoms with E-state index in [1.807, 2.05) is 0 Å². The van der Waals surface area contributed by atoms with Crippen LogP contribution in [0.3, 0.4) is 0 Å². The van der Waals surface area contributed by atoms with Crippen molar-refractivity contribution >= 4 is 27.9 Å². The lowest BCUT2D eigenvalue weighted by molar-refractivity contribution is -0.853. The van der Waals surface area contributed by atoms with E-state index in [-0.39, 0.29) is 16.6 Å². The molecule has 0 atom stereocenters. The maximum atomic E-state index is 14.2. The van der Waals surface area contributed by atoms with Gasteiger partial charge in [-0.3, -0.25) is 4.79 Å². The van der Waals surface area contributed by atoms with E-state index in [4.69, 9.17) is 4.42 Å². The largest absolute Gasteiger partial charge is 0.584 e. The van der Waals surface area contributed by atoms with Crippen molar-refractivity contribution in [2.75, 3.05) is 0 Å². The molecule has 0 radical (unpaired) electrons. The first-order valence-corrected chi connectivity index (χ1v) is 14.5. The SMILES string of the molecule is O=C(O[I+]c1ccc2oc3ccccc3c(=O)c2c1)C(F)(F)C(F)(F)C(F)(F)C(F)(F)C(F)(F)C(F)(F)C(F)(F)C(F)(F)C(F)(F)C(F)(F)C(F)(F)F. The fourth-order valence-corrected chi connectivity index (χ4v) is 5.33. The molecule has 0 fully saturated rings. The Hall–Kier alpha value is -3.50. The van der Waals surface area contributed by atoms with Crippen LogP contribution in [-0.2, 0) is 7.86 Å². The van der Waals surface area contributed by atoms with E-state index < -0.39 is 107 Å². The number of halogens is 24. The van der Waals surface area contributed by atoms with Crippen LogP contribution >= 0.6 is 0 Å². The van der Waals surface area contributed by atoms with Crippen molar-refractivity contribution < 1.29 is 135 Å². The van der Waals surface area contributed by atoms with E-state index in [9.17, 15) is 111 Å². The molecule has 3 aromatic rings. The third kappa shape index (κ3) is 5.88. The third-order valence-corrected chi connectivity index (χ3v) is 8.70. The van der Waals surface area contributed by atoms with Crippen molar-refractivity contribution in [3.8, 4) is 0 Å². The van der Waals surface area contributed by atoms with E-state index in [0.717, 1.165) is 12.1 Å². The number of carbonyl (C=O) groups is 1. The van der Waals surface area contributed by atoms with Gasteiger partial charge in [-0.2, -0.15) is 101 Å². The zero-order chi connectivity index (χ0) is 41.6. The van der Waals surface area contributed by atoms with Gasteiger partial charge in [-0.25, -0.2) is 7.86 Å². The number of benzene rings is 2. The van der Waals surface area contributed by atoms with Crippen molar-refractivity contribution in [1.29, 1.82) is 0 Å². The van der Waals surface area contributed by atoms with Crippen molar-refractivity contribution in [3.05, 3.63) is 56.3 Å². The summed E-state index contributed by atoms with van der Waals surface area (Å²) in [5, 5.41) is -0.593. The molecule has 0 amide bonds. The molecule has 53 heavy (non-hydrogen) atoms. The van der Waals surface area contributed by atoms with E-state index >= 15 is 0 Å². The molecule has 3 rings (SSSR count). The molecule has 2 aromatic carbocycles. The third-order valence-electron chi connectivity index (χ3n) is 6.90. The number of carbonyl (C=O) groups excluding carboxylic acids is 1. The van der Waals surface area contributed by atoms with Crippen molar-refractivity contribution in [1.82, 2.24) is 0 Å². The number of rotatable bonds is 12. The van der Waals surface area contributed by atoms with Gasteiger partial charge < -0.3 is 4.42 Å². The standard InChI is InChI=1S/C25H7F23IO4/c26-15(27,14(51)53-49-8-5-6-12-10(7-8)13(50)9-3-1-2-4-11(9)52-12)16(28,29)17(30,31)18(32,33)19(34,35)20(36,37)21(38,39)22(40,41)23(42,43)24(44,45)25(46,47)48/h1-7H/q+1.